The number of anilines is 1. The van der Waals surface area contributed by atoms with E-state index in [1.807, 2.05) is 24.3 Å². The number of nitrogens with one attached hydrogen (secondary N) is 1. The number of unbranched alkanes of at least 4 members (excludes halogenated alkanes) is 4. The van der Waals surface area contributed by atoms with Crippen molar-refractivity contribution in [3.05, 3.63) is 65.2 Å². The molecule has 0 radical (unpaired) electrons. The van der Waals surface area contributed by atoms with Crippen LogP contribution in [0.1, 0.15) is 69.9 Å². The van der Waals surface area contributed by atoms with E-state index in [9.17, 15) is 23.5 Å². The maximum atomic E-state index is 14.2. The highest BCUT2D eigenvalue weighted by atomic mass is 19.1. The largest absolute Gasteiger partial charge is 0.479 e. The molecule has 0 spiro atoms. The minimum absolute atomic E-state index is 0.0427. The molecule has 8 heteroatoms. The van der Waals surface area contributed by atoms with E-state index in [0.717, 1.165) is 68.2 Å². The summed E-state index contributed by atoms with van der Waals surface area (Å²) < 4.78 is 32.8. The summed E-state index contributed by atoms with van der Waals surface area (Å²) in [6.45, 7) is 5.29. The van der Waals surface area contributed by atoms with Crippen LogP contribution in [-0.2, 0) is 21.4 Å². The van der Waals surface area contributed by atoms with E-state index in [1.165, 1.54) is 6.07 Å². The zero-order valence-corrected chi connectivity index (χ0v) is 21.8. The Kier molecular flexibility index (Phi) is 10.4. The van der Waals surface area contributed by atoms with E-state index in [4.69, 9.17) is 4.74 Å². The van der Waals surface area contributed by atoms with Gasteiger partial charge in [-0.25, -0.2) is 18.4 Å². The third-order valence-corrected chi connectivity index (χ3v) is 6.97. The molecule has 2 aromatic carbocycles. The van der Waals surface area contributed by atoms with Crippen LogP contribution in [0.25, 0.3) is 0 Å². The van der Waals surface area contributed by atoms with Crippen molar-refractivity contribution in [2.75, 3.05) is 25.0 Å². The van der Waals surface area contributed by atoms with Crippen LogP contribution in [0.15, 0.2) is 42.5 Å². The second-order valence-corrected chi connectivity index (χ2v) is 9.85. The molecule has 1 aliphatic rings. The van der Waals surface area contributed by atoms with Crippen molar-refractivity contribution in [1.29, 1.82) is 0 Å². The third kappa shape index (κ3) is 8.25. The van der Waals surface area contributed by atoms with Crippen molar-refractivity contribution in [2.45, 2.75) is 76.7 Å². The number of ether oxygens (including phenoxy) is 1. The molecule has 2 amide bonds. The first kappa shape index (κ1) is 28.6. The number of hydrogen-bond acceptors (Lipinski definition) is 3. The molecule has 2 aromatic rings. The lowest BCUT2D eigenvalue weighted by Gasteiger charge is -2.28. The van der Waals surface area contributed by atoms with Crippen LogP contribution in [0.3, 0.4) is 0 Å². The number of hydrogen-bond donors (Lipinski definition) is 2. The summed E-state index contributed by atoms with van der Waals surface area (Å²) in [5.41, 5.74) is 1.74. The maximum absolute atomic E-state index is 14.2. The predicted molar refractivity (Wildman–Crippen MR) is 140 cm³/mol. The first-order valence-electron chi connectivity index (χ1n) is 13.2. The number of halogens is 2. The van der Waals surface area contributed by atoms with Crippen LogP contribution >= 0.6 is 0 Å². The molecule has 0 aliphatic heterocycles. The average Bonchev–Trinajstić information content (AvgIpc) is 3.65. The number of carboxylic acids is 1. The van der Waals surface area contributed by atoms with Crippen LogP contribution in [0, 0.1) is 11.6 Å². The van der Waals surface area contributed by atoms with Gasteiger partial charge >= 0.3 is 12.0 Å². The minimum Gasteiger partial charge on any atom is -0.479 e. The van der Waals surface area contributed by atoms with E-state index in [2.05, 4.69) is 12.2 Å². The first-order valence-corrected chi connectivity index (χ1v) is 13.2. The van der Waals surface area contributed by atoms with Crippen molar-refractivity contribution in [2.24, 2.45) is 0 Å². The van der Waals surface area contributed by atoms with Gasteiger partial charge in [-0.15, -0.1) is 0 Å². The van der Waals surface area contributed by atoms with Gasteiger partial charge in [-0.1, -0.05) is 56.9 Å². The molecule has 6 nitrogen and oxygen atoms in total. The van der Waals surface area contributed by atoms with Crippen molar-refractivity contribution in [1.82, 2.24) is 4.90 Å². The molecule has 1 fully saturated rings. The molecule has 202 valence electrons. The van der Waals surface area contributed by atoms with Crippen molar-refractivity contribution in [3.63, 3.8) is 0 Å². The Hall–Kier alpha value is -3.00. The van der Waals surface area contributed by atoms with E-state index in [0.29, 0.717) is 19.7 Å². The van der Waals surface area contributed by atoms with Gasteiger partial charge in [0.2, 0.25) is 0 Å². The number of amides is 2. The fourth-order valence-electron chi connectivity index (χ4n) is 4.63. The molecule has 1 atom stereocenters. The quantitative estimate of drug-likeness (QED) is 0.264. The lowest BCUT2D eigenvalue weighted by molar-refractivity contribution is -0.149. The van der Waals surface area contributed by atoms with E-state index < -0.39 is 29.7 Å². The Labute approximate surface area is 218 Å². The number of rotatable bonds is 15. The summed E-state index contributed by atoms with van der Waals surface area (Å²) in [7, 11) is 0. The van der Waals surface area contributed by atoms with E-state index in [-0.39, 0.29) is 17.5 Å². The van der Waals surface area contributed by atoms with Gasteiger partial charge in [0.1, 0.15) is 11.6 Å². The molecular weight excluding hydrogens is 478 g/mol. The average molecular weight is 517 g/mol. The highest BCUT2D eigenvalue weighted by Crippen LogP contribution is 2.49. The SMILES string of the molecule is CCCCCCCN(CC1(c2ccc(CC(OCC)C(=O)O)cc2)CC1)C(=O)Nc1ccc(F)cc1F. The highest BCUT2D eigenvalue weighted by molar-refractivity contribution is 5.89. The zero-order valence-electron chi connectivity index (χ0n) is 21.8. The summed E-state index contributed by atoms with van der Waals surface area (Å²) >= 11 is 0. The molecule has 0 saturated heterocycles. The molecule has 0 heterocycles. The number of carboxylic acid groups (broad SMARTS) is 1. The van der Waals surface area contributed by atoms with Gasteiger partial charge in [0, 0.05) is 37.6 Å². The number of benzene rings is 2. The van der Waals surface area contributed by atoms with Gasteiger partial charge in [0.15, 0.2) is 6.10 Å². The van der Waals surface area contributed by atoms with Crippen LogP contribution < -0.4 is 5.32 Å². The molecule has 0 aromatic heterocycles. The zero-order chi connectivity index (χ0) is 26.8. The van der Waals surface area contributed by atoms with Gasteiger partial charge in [-0.05, 0) is 49.4 Å². The molecule has 1 unspecified atom stereocenters. The second-order valence-electron chi connectivity index (χ2n) is 9.85. The fourth-order valence-corrected chi connectivity index (χ4v) is 4.63. The number of nitrogens with zero attached hydrogens (tertiary/aromatic N) is 1. The van der Waals surface area contributed by atoms with Crippen LogP contribution in [0.4, 0.5) is 19.3 Å². The monoisotopic (exact) mass is 516 g/mol. The Morgan fingerprint density at radius 3 is 2.35 bits per heavy atom. The van der Waals surface area contributed by atoms with Crippen molar-refractivity contribution < 1.29 is 28.2 Å². The molecule has 3 rings (SSSR count). The normalized spacial score (nSPS) is 14.7. The van der Waals surface area contributed by atoms with Gasteiger partial charge in [-0.3, -0.25) is 0 Å². The topological polar surface area (TPSA) is 78.9 Å². The van der Waals surface area contributed by atoms with Gasteiger partial charge in [0.25, 0.3) is 0 Å². The fraction of sp³-hybridized carbons (Fsp3) is 0.517. The Morgan fingerprint density at radius 2 is 1.76 bits per heavy atom. The van der Waals surface area contributed by atoms with Crippen molar-refractivity contribution in [3.8, 4) is 0 Å². The van der Waals surface area contributed by atoms with Crippen molar-refractivity contribution >= 4 is 17.7 Å². The van der Waals surface area contributed by atoms with E-state index >= 15 is 0 Å². The molecule has 1 saturated carbocycles. The van der Waals surface area contributed by atoms with Crippen LogP contribution in [-0.4, -0.2) is 47.8 Å². The Bertz CT molecular complexity index is 1040. The Morgan fingerprint density at radius 1 is 1.05 bits per heavy atom. The van der Waals surface area contributed by atoms with Crippen LogP contribution in [0.2, 0.25) is 0 Å². The molecule has 1 aliphatic carbocycles. The minimum atomic E-state index is -0.984. The van der Waals surface area contributed by atoms with Gasteiger partial charge in [-0.2, -0.15) is 0 Å². The van der Waals surface area contributed by atoms with Gasteiger partial charge in [0.05, 0.1) is 5.69 Å². The summed E-state index contributed by atoms with van der Waals surface area (Å²) in [5.74, 6) is -2.48. The third-order valence-electron chi connectivity index (χ3n) is 6.97. The standard InChI is InChI=1S/C29H38F2N2O4/c1-3-5-6-7-8-17-33(28(36)32-25-14-13-23(30)19-24(25)31)20-29(15-16-29)22-11-9-21(10-12-22)18-26(27(34)35)37-4-2/h9-14,19,26H,3-8,15-18,20H2,1-2H3,(H,32,36)(H,34,35). The lowest BCUT2D eigenvalue weighted by Crippen LogP contribution is -2.41. The molecule has 37 heavy (non-hydrogen) atoms. The summed E-state index contributed by atoms with van der Waals surface area (Å²) in [5, 5.41) is 12.0. The number of aliphatic carboxylic acids is 1. The maximum Gasteiger partial charge on any atom is 0.333 e. The summed E-state index contributed by atoms with van der Waals surface area (Å²) in [4.78, 5) is 26.4. The first-order chi connectivity index (χ1) is 17.8. The smallest absolute Gasteiger partial charge is 0.333 e. The predicted octanol–water partition coefficient (Wildman–Crippen LogP) is 6.53. The molecule has 2 N–H and O–H groups in total. The number of carbonyl (C=O) groups excluding carboxylic acids is 1. The van der Waals surface area contributed by atoms with E-state index in [1.54, 1.807) is 11.8 Å². The molecule has 0 bridgehead atoms. The van der Waals surface area contributed by atoms with Gasteiger partial charge < -0.3 is 20.1 Å². The highest BCUT2D eigenvalue weighted by Gasteiger charge is 2.46. The molecular formula is C29H38F2N2O4. The number of carbonyl (C=O) groups is 2. The second kappa shape index (κ2) is 13.5. The Balaban J connectivity index is 1.70. The number of urea groups is 1. The lowest BCUT2D eigenvalue weighted by atomic mass is 9.93. The summed E-state index contributed by atoms with van der Waals surface area (Å²) in [6.07, 6.45) is 6.49. The summed E-state index contributed by atoms with van der Waals surface area (Å²) in [6, 6.07) is 10.6. The van der Waals surface area contributed by atoms with Crippen LogP contribution in [0.5, 0.6) is 0 Å².